The summed E-state index contributed by atoms with van der Waals surface area (Å²) in [6.07, 6.45) is 13.3. The van der Waals surface area contributed by atoms with Crippen molar-refractivity contribution in [3.63, 3.8) is 0 Å². The van der Waals surface area contributed by atoms with Gasteiger partial charge in [-0.15, -0.1) is 6.58 Å². The number of allylic oxidation sites excluding steroid dienone is 1. The minimum Gasteiger partial charge on any atom is -0.317 e. The van der Waals surface area contributed by atoms with Crippen molar-refractivity contribution in [1.82, 2.24) is 5.32 Å². The number of rotatable bonds is 9. The zero-order valence-corrected chi connectivity index (χ0v) is 12.6. The quantitative estimate of drug-likeness (QED) is 0.459. The minimum atomic E-state index is 0.933. The largest absolute Gasteiger partial charge is 0.317 e. The van der Waals surface area contributed by atoms with E-state index in [2.05, 4.69) is 31.8 Å². The monoisotopic (exact) mass is 251 g/mol. The molecule has 0 spiro atoms. The zero-order valence-electron chi connectivity index (χ0n) is 12.6. The molecule has 0 saturated heterocycles. The molecule has 0 aliphatic heterocycles. The van der Waals surface area contributed by atoms with E-state index in [1.54, 1.807) is 0 Å². The molecular weight excluding hydrogens is 218 g/mol. The van der Waals surface area contributed by atoms with Crippen LogP contribution in [-0.4, -0.2) is 13.1 Å². The summed E-state index contributed by atoms with van der Waals surface area (Å²) in [7, 11) is 0. The highest BCUT2D eigenvalue weighted by molar-refractivity contribution is 4.82. The molecule has 1 rings (SSSR count). The predicted octanol–water partition coefficient (Wildman–Crippen LogP) is 4.78. The Bertz CT molecular complexity index is 212. The third-order valence-electron chi connectivity index (χ3n) is 4.59. The molecule has 0 bridgehead atoms. The average molecular weight is 251 g/mol. The Morgan fingerprint density at radius 2 is 2.00 bits per heavy atom. The lowest BCUT2D eigenvalue weighted by atomic mass is 9.71. The van der Waals surface area contributed by atoms with Gasteiger partial charge < -0.3 is 5.32 Å². The van der Waals surface area contributed by atoms with Crippen LogP contribution in [0.15, 0.2) is 12.7 Å². The summed E-state index contributed by atoms with van der Waals surface area (Å²) in [6, 6.07) is 0. The van der Waals surface area contributed by atoms with E-state index < -0.39 is 0 Å². The van der Waals surface area contributed by atoms with Crippen LogP contribution >= 0.6 is 0 Å². The van der Waals surface area contributed by atoms with Crippen LogP contribution in [0.4, 0.5) is 0 Å². The fourth-order valence-electron chi connectivity index (χ4n) is 3.57. The smallest absolute Gasteiger partial charge is 0.00180 e. The molecular formula is C17H33N. The van der Waals surface area contributed by atoms with E-state index in [0.29, 0.717) is 0 Å². The first kappa shape index (κ1) is 15.8. The van der Waals surface area contributed by atoms with E-state index in [-0.39, 0.29) is 0 Å². The summed E-state index contributed by atoms with van der Waals surface area (Å²) in [5.74, 6) is 2.92. The van der Waals surface area contributed by atoms with E-state index in [1.165, 1.54) is 57.9 Å². The fraction of sp³-hybridized carbons (Fsp3) is 0.882. The summed E-state index contributed by atoms with van der Waals surface area (Å²) in [5, 5.41) is 3.57. The van der Waals surface area contributed by atoms with E-state index in [9.17, 15) is 0 Å². The predicted molar refractivity (Wildman–Crippen MR) is 81.8 cm³/mol. The maximum Gasteiger partial charge on any atom is -0.00180 e. The number of hydrogen-bond acceptors (Lipinski definition) is 1. The summed E-state index contributed by atoms with van der Waals surface area (Å²) in [4.78, 5) is 0. The maximum absolute atomic E-state index is 3.84. The van der Waals surface area contributed by atoms with Crippen LogP contribution in [0, 0.1) is 17.8 Å². The molecule has 18 heavy (non-hydrogen) atoms. The SMILES string of the molecule is C=CCCCC1CC(CCC)CCC1CNCC. The van der Waals surface area contributed by atoms with Crippen molar-refractivity contribution >= 4 is 0 Å². The molecule has 0 aromatic rings. The van der Waals surface area contributed by atoms with Gasteiger partial charge in [0.25, 0.3) is 0 Å². The van der Waals surface area contributed by atoms with Crippen LogP contribution in [-0.2, 0) is 0 Å². The van der Waals surface area contributed by atoms with Crippen molar-refractivity contribution in [2.45, 2.75) is 65.2 Å². The van der Waals surface area contributed by atoms with Gasteiger partial charge in [0.1, 0.15) is 0 Å². The average Bonchev–Trinajstić information content (AvgIpc) is 2.38. The first-order valence-electron chi connectivity index (χ1n) is 8.13. The van der Waals surface area contributed by atoms with Crippen molar-refractivity contribution in [2.24, 2.45) is 17.8 Å². The van der Waals surface area contributed by atoms with Crippen LogP contribution < -0.4 is 5.32 Å². The van der Waals surface area contributed by atoms with Crippen molar-refractivity contribution < 1.29 is 0 Å². The van der Waals surface area contributed by atoms with Gasteiger partial charge in [-0.1, -0.05) is 39.2 Å². The van der Waals surface area contributed by atoms with Gasteiger partial charge in [-0.3, -0.25) is 0 Å². The Hall–Kier alpha value is -0.300. The van der Waals surface area contributed by atoms with E-state index in [1.807, 2.05) is 0 Å². The lowest BCUT2D eigenvalue weighted by molar-refractivity contribution is 0.158. The van der Waals surface area contributed by atoms with Gasteiger partial charge >= 0.3 is 0 Å². The maximum atomic E-state index is 3.84. The van der Waals surface area contributed by atoms with Crippen LogP contribution in [0.5, 0.6) is 0 Å². The highest BCUT2D eigenvalue weighted by Gasteiger charge is 2.29. The molecule has 1 saturated carbocycles. The summed E-state index contributed by atoms with van der Waals surface area (Å²) in [6.45, 7) is 10.8. The second-order valence-electron chi connectivity index (χ2n) is 6.02. The topological polar surface area (TPSA) is 12.0 Å². The van der Waals surface area contributed by atoms with Gasteiger partial charge in [0.2, 0.25) is 0 Å². The molecule has 3 unspecified atom stereocenters. The van der Waals surface area contributed by atoms with Crippen LogP contribution in [0.25, 0.3) is 0 Å². The second-order valence-corrected chi connectivity index (χ2v) is 6.02. The molecule has 0 amide bonds. The van der Waals surface area contributed by atoms with Gasteiger partial charge in [0.05, 0.1) is 0 Å². The Kier molecular flexibility index (Phi) is 8.41. The highest BCUT2D eigenvalue weighted by atomic mass is 14.8. The first-order chi connectivity index (χ1) is 8.81. The van der Waals surface area contributed by atoms with Gasteiger partial charge in [-0.05, 0) is 62.9 Å². The summed E-state index contributed by atoms with van der Waals surface area (Å²) < 4.78 is 0. The zero-order chi connectivity index (χ0) is 13.2. The third kappa shape index (κ3) is 5.56. The molecule has 0 aromatic heterocycles. The standard InChI is InChI=1S/C17H33N/c1-4-7-8-10-16-13-15(9-5-2)11-12-17(16)14-18-6-3/h4,15-18H,1,5-14H2,2-3H3. The van der Waals surface area contributed by atoms with Crippen molar-refractivity contribution in [3.8, 4) is 0 Å². The number of unbranched alkanes of at least 4 members (excludes halogenated alkanes) is 1. The number of hydrogen-bond donors (Lipinski definition) is 1. The first-order valence-corrected chi connectivity index (χ1v) is 8.13. The summed E-state index contributed by atoms with van der Waals surface area (Å²) >= 11 is 0. The Morgan fingerprint density at radius 3 is 2.67 bits per heavy atom. The molecule has 1 heteroatoms. The molecule has 3 atom stereocenters. The molecule has 1 fully saturated rings. The minimum absolute atomic E-state index is 0.933. The van der Waals surface area contributed by atoms with E-state index in [0.717, 1.165) is 24.3 Å². The lowest BCUT2D eigenvalue weighted by Gasteiger charge is -2.36. The third-order valence-corrected chi connectivity index (χ3v) is 4.59. The van der Waals surface area contributed by atoms with Crippen LogP contribution in [0.3, 0.4) is 0 Å². The highest BCUT2D eigenvalue weighted by Crippen LogP contribution is 2.38. The van der Waals surface area contributed by atoms with Gasteiger partial charge in [0.15, 0.2) is 0 Å². The Morgan fingerprint density at radius 1 is 1.17 bits per heavy atom. The Balaban J connectivity index is 2.41. The van der Waals surface area contributed by atoms with Crippen molar-refractivity contribution in [1.29, 1.82) is 0 Å². The van der Waals surface area contributed by atoms with Crippen molar-refractivity contribution in [2.75, 3.05) is 13.1 Å². The number of nitrogens with one attached hydrogen (secondary N) is 1. The summed E-state index contributed by atoms with van der Waals surface area (Å²) in [5.41, 5.74) is 0. The van der Waals surface area contributed by atoms with Gasteiger partial charge in [-0.25, -0.2) is 0 Å². The molecule has 0 heterocycles. The molecule has 0 radical (unpaired) electrons. The van der Waals surface area contributed by atoms with E-state index >= 15 is 0 Å². The van der Waals surface area contributed by atoms with Crippen LogP contribution in [0.1, 0.15) is 65.2 Å². The molecule has 1 nitrogen and oxygen atoms in total. The van der Waals surface area contributed by atoms with Gasteiger partial charge in [-0.2, -0.15) is 0 Å². The van der Waals surface area contributed by atoms with E-state index in [4.69, 9.17) is 0 Å². The molecule has 1 aliphatic carbocycles. The lowest BCUT2D eigenvalue weighted by Crippen LogP contribution is -2.33. The molecule has 106 valence electrons. The normalized spacial score (nSPS) is 28.2. The fourth-order valence-corrected chi connectivity index (χ4v) is 3.57. The van der Waals surface area contributed by atoms with Crippen molar-refractivity contribution in [3.05, 3.63) is 12.7 Å². The second kappa shape index (κ2) is 9.61. The molecule has 1 N–H and O–H groups in total. The molecule has 0 aromatic carbocycles. The molecule has 1 aliphatic rings. The Labute approximate surface area is 114 Å². The van der Waals surface area contributed by atoms with Crippen LogP contribution in [0.2, 0.25) is 0 Å². The van der Waals surface area contributed by atoms with Gasteiger partial charge in [0, 0.05) is 0 Å².